The van der Waals surface area contributed by atoms with Gasteiger partial charge in [-0.2, -0.15) is 0 Å². The average molecular weight is 240 g/mol. The summed E-state index contributed by atoms with van der Waals surface area (Å²) >= 11 is 4.50. The summed E-state index contributed by atoms with van der Waals surface area (Å²) in [7, 11) is 3.33. The predicted octanol–water partition coefficient (Wildman–Crippen LogP) is 3.73. The molecule has 2 nitrogen and oxygen atoms in total. The lowest BCUT2D eigenvalue weighted by molar-refractivity contribution is 0.386. The van der Waals surface area contributed by atoms with Crippen molar-refractivity contribution in [2.75, 3.05) is 14.2 Å². The van der Waals surface area contributed by atoms with E-state index in [1.54, 1.807) is 14.2 Å². The van der Waals surface area contributed by atoms with E-state index in [9.17, 15) is 0 Å². The molecule has 0 aliphatic carbocycles. The summed E-state index contributed by atoms with van der Waals surface area (Å²) < 4.78 is 10.5. The second-order valence-electron chi connectivity index (χ2n) is 3.79. The zero-order chi connectivity index (χ0) is 12.0. The first-order chi connectivity index (χ1) is 7.72. The second-order valence-corrected chi connectivity index (χ2v) is 4.24. The molecule has 16 heavy (non-hydrogen) atoms. The normalized spacial score (nSPS) is 10.2. The third-order valence-electron chi connectivity index (χ3n) is 2.63. The molecular weight excluding hydrogens is 220 g/mol. The van der Waals surface area contributed by atoms with Crippen molar-refractivity contribution in [1.82, 2.24) is 0 Å². The van der Waals surface area contributed by atoms with Gasteiger partial charge in [0.2, 0.25) is 0 Å². The molecule has 0 aromatic heterocycles. The minimum absolute atomic E-state index is 0.786. The molecule has 0 aliphatic heterocycles. The van der Waals surface area contributed by atoms with Gasteiger partial charge in [-0.1, -0.05) is 19.8 Å². The van der Waals surface area contributed by atoms with Gasteiger partial charge in [0.15, 0.2) is 0 Å². The van der Waals surface area contributed by atoms with Gasteiger partial charge >= 0.3 is 0 Å². The molecule has 0 saturated carbocycles. The Morgan fingerprint density at radius 2 is 1.88 bits per heavy atom. The molecule has 1 rings (SSSR count). The van der Waals surface area contributed by atoms with Crippen LogP contribution in [0.25, 0.3) is 0 Å². The Hall–Kier alpha value is -0.830. The predicted molar refractivity (Wildman–Crippen MR) is 70.0 cm³/mol. The second kappa shape index (κ2) is 6.69. The lowest BCUT2D eigenvalue weighted by atomic mass is 10.1. The molecule has 1 aromatic carbocycles. The number of benzene rings is 1. The van der Waals surface area contributed by atoms with E-state index in [0.29, 0.717) is 0 Å². The van der Waals surface area contributed by atoms with Gasteiger partial charge in [0.05, 0.1) is 14.2 Å². The first kappa shape index (κ1) is 13.2. The van der Waals surface area contributed by atoms with Crippen LogP contribution in [0.3, 0.4) is 0 Å². The number of unbranched alkanes of at least 4 members (excludes halogenated alkanes) is 2. The van der Waals surface area contributed by atoms with Crippen molar-refractivity contribution in [2.45, 2.75) is 37.5 Å². The fourth-order valence-electron chi connectivity index (χ4n) is 1.67. The van der Waals surface area contributed by atoms with Gasteiger partial charge in [-0.15, -0.1) is 12.6 Å². The number of rotatable bonds is 6. The van der Waals surface area contributed by atoms with Crippen LogP contribution in [-0.4, -0.2) is 14.2 Å². The summed E-state index contributed by atoms with van der Waals surface area (Å²) in [6.07, 6.45) is 4.68. The topological polar surface area (TPSA) is 18.5 Å². The third-order valence-corrected chi connectivity index (χ3v) is 3.14. The van der Waals surface area contributed by atoms with E-state index in [-0.39, 0.29) is 0 Å². The molecule has 90 valence electrons. The van der Waals surface area contributed by atoms with Gasteiger partial charge in [-0.05, 0) is 24.5 Å². The zero-order valence-electron chi connectivity index (χ0n) is 10.2. The van der Waals surface area contributed by atoms with Crippen LogP contribution in [-0.2, 0) is 6.42 Å². The average Bonchev–Trinajstić information content (AvgIpc) is 2.31. The molecule has 0 radical (unpaired) electrons. The maximum Gasteiger partial charge on any atom is 0.136 e. The molecule has 0 aliphatic rings. The Morgan fingerprint density at radius 3 is 2.44 bits per heavy atom. The molecule has 0 saturated heterocycles. The van der Waals surface area contributed by atoms with Crippen LogP contribution in [0.15, 0.2) is 17.0 Å². The zero-order valence-corrected chi connectivity index (χ0v) is 11.1. The van der Waals surface area contributed by atoms with E-state index in [1.807, 2.05) is 12.1 Å². The highest BCUT2D eigenvalue weighted by molar-refractivity contribution is 7.80. The summed E-state index contributed by atoms with van der Waals surface area (Å²) in [5.74, 6) is 1.62. The van der Waals surface area contributed by atoms with E-state index >= 15 is 0 Å². The molecule has 0 N–H and O–H groups in total. The fraction of sp³-hybridized carbons (Fsp3) is 0.538. The first-order valence-electron chi connectivity index (χ1n) is 5.66. The lowest BCUT2D eigenvalue weighted by Crippen LogP contribution is -1.94. The van der Waals surface area contributed by atoms with Crippen LogP contribution in [0, 0.1) is 0 Å². The van der Waals surface area contributed by atoms with Crippen LogP contribution >= 0.6 is 12.6 Å². The van der Waals surface area contributed by atoms with Crippen LogP contribution in [0.4, 0.5) is 0 Å². The number of hydrogen-bond donors (Lipinski definition) is 1. The highest BCUT2D eigenvalue weighted by Gasteiger charge is 2.08. The van der Waals surface area contributed by atoms with Crippen molar-refractivity contribution >= 4 is 12.6 Å². The summed E-state index contributed by atoms with van der Waals surface area (Å²) in [6.45, 7) is 2.20. The summed E-state index contributed by atoms with van der Waals surface area (Å²) in [5.41, 5.74) is 1.20. The van der Waals surface area contributed by atoms with E-state index in [1.165, 1.54) is 24.8 Å². The molecular formula is C13H20O2S. The number of hydrogen-bond acceptors (Lipinski definition) is 3. The van der Waals surface area contributed by atoms with Gasteiger partial charge < -0.3 is 9.47 Å². The van der Waals surface area contributed by atoms with Gasteiger partial charge in [-0.3, -0.25) is 0 Å². The first-order valence-corrected chi connectivity index (χ1v) is 6.11. The van der Waals surface area contributed by atoms with Crippen molar-refractivity contribution in [1.29, 1.82) is 0 Å². The highest BCUT2D eigenvalue weighted by Crippen LogP contribution is 2.32. The molecule has 0 heterocycles. The van der Waals surface area contributed by atoms with Gasteiger partial charge in [0.25, 0.3) is 0 Å². The Kier molecular flexibility index (Phi) is 5.53. The molecule has 0 spiro atoms. The van der Waals surface area contributed by atoms with Crippen LogP contribution in [0.5, 0.6) is 11.5 Å². The van der Waals surface area contributed by atoms with E-state index in [0.717, 1.165) is 22.8 Å². The number of thiol groups is 1. The highest BCUT2D eigenvalue weighted by atomic mass is 32.1. The number of methoxy groups -OCH3 is 2. The monoisotopic (exact) mass is 240 g/mol. The van der Waals surface area contributed by atoms with Crippen molar-refractivity contribution in [3.8, 4) is 11.5 Å². The fourth-order valence-corrected chi connectivity index (χ4v) is 2.00. The maximum atomic E-state index is 5.28. The number of aryl methyl sites for hydroxylation is 1. The largest absolute Gasteiger partial charge is 0.497 e. The Balaban J connectivity index is 2.88. The summed E-state index contributed by atoms with van der Waals surface area (Å²) in [5, 5.41) is 0. The van der Waals surface area contributed by atoms with Crippen LogP contribution < -0.4 is 9.47 Å². The minimum atomic E-state index is 0.786. The standard InChI is InChI=1S/C13H20O2S/c1-4-5-6-7-10-8-11(14-2)9-12(15-3)13(10)16/h8-9,16H,4-7H2,1-3H3. The number of ether oxygens (including phenoxy) is 2. The van der Waals surface area contributed by atoms with Crippen molar-refractivity contribution < 1.29 is 9.47 Å². The van der Waals surface area contributed by atoms with Crippen molar-refractivity contribution in [2.24, 2.45) is 0 Å². The van der Waals surface area contributed by atoms with Gasteiger partial charge in [0.1, 0.15) is 11.5 Å². The van der Waals surface area contributed by atoms with Crippen LogP contribution in [0.1, 0.15) is 31.7 Å². The van der Waals surface area contributed by atoms with E-state index in [4.69, 9.17) is 9.47 Å². The van der Waals surface area contributed by atoms with E-state index < -0.39 is 0 Å². The van der Waals surface area contributed by atoms with Crippen molar-refractivity contribution in [3.05, 3.63) is 17.7 Å². The minimum Gasteiger partial charge on any atom is -0.497 e. The molecule has 1 aromatic rings. The SMILES string of the molecule is CCCCCc1cc(OC)cc(OC)c1S. The quantitative estimate of drug-likeness (QED) is 0.603. The molecule has 0 fully saturated rings. The van der Waals surface area contributed by atoms with Crippen LogP contribution in [0.2, 0.25) is 0 Å². The smallest absolute Gasteiger partial charge is 0.136 e. The Bertz CT molecular complexity index is 337. The Labute approximate surface area is 103 Å². The Morgan fingerprint density at radius 1 is 1.12 bits per heavy atom. The molecule has 3 heteroatoms. The molecule has 0 bridgehead atoms. The lowest BCUT2D eigenvalue weighted by Gasteiger charge is -2.12. The molecule has 0 atom stereocenters. The van der Waals surface area contributed by atoms with Gasteiger partial charge in [-0.25, -0.2) is 0 Å². The van der Waals surface area contributed by atoms with Crippen molar-refractivity contribution in [3.63, 3.8) is 0 Å². The molecule has 0 amide bonds. The molecule has 0 unspecified atom stereocenters. The maximum absolute atomic E-state index is 5.28. The summed E-state index contributed by atoms with van der Waals surface area (Å²) in [4.78, 5) is 0.930. The van der Waals surface area contributed by atoms with E-state index in [2.05, 4.69) is 19.6 Å². The van der Waals surface area contributed by atoms with Gasteiger partial charge in [0, 0.05) is 11.0 Å². The summed E-state index contributed by atoms with van der Waals surface area (Å²) in [6, 6.07) is 3.91. The third kappa shape index (κ3) is 3.34.